The number of aromatic nitrogens is 1. The van der Waals surface area contributed by atoms with E-state index in [2.05, 4.69) is 9.98 Å². The number of alkyl halides is 3. The van der Waals surface area contributed by atoms with Gasteiger partial charge in [0.1, 0.15) is 17.2 Å². The van der Waals surface area contributed by atoms with E-state index >= 15 is 0 Å². The highest BCUT2D eigenvalue weighted by Gasteiger charge is 2.36. The van der Waals surface area contributed by atoms with Gasteiger partial charge in [-0.3, -0.25) is 0 Å². The van der Waals surface area contributed by atoms with Crippen LogP contribution in [0.25, 0.3) is 10.9 Å². The number of fused-ring (bicyclic) bond motifs is 1. The van der Waals surface area contributed by atoms with Crippen LogP contribution in [0.4, 0.5) is 23.2 Å². The maximum atomic E-state index is 12.9. The van der Waals surface area contributed by atoms with Gasteiger partial charge < -0.3 is 4.98 Å². The normalized spacial score (nSPS) is 11.5. The Balaban J connectivity index is 2.85. The number of benzene rings is 1. The van der Waals surface area contributed by atoms with Crippen molar-refractivity contribution in [2.24, 2.45) is 4.99 Å². The van der Waals surface area contributed by atoms with E-state index in [9.17, 15) is 22.4 Å². The number of aliphatic imine (C=N–C) groups is 1. The number of halogens is 4. The average molecular weight is 244 g/mol. The number of hydrogen-bond acceptors (Lipinski definition) is 2. The lowest BCUT2D eigenvalue weighted by molar-refractivity contribution is -0.140. The summed E-state index contributed by atoms with van der Waals surface area (Å²) < 4.78 is 50.7. The molecule has 3 nitrogen and oxygen atoms in total. The Bertz CT molecular complexity index is 623. The van der Waals surface area contributed by atoms with Gasteiger partial charge in [-0.25, -0.2) is 9.18 Å². The number of H-pyrrole nitrogens is 1. The number of rotatable bonds is 1. The molecule has 0 aliphatic rings. The van der Waals surface area contributed by atoms with Crippen molar-refractivity contribution in [3.8, 4) is 0 Å². The number of isocyanates is 1. The van der Waals surface area contributed by atoms with E-state index in [1.165, 1.54) is 0 Å². The first kappa shape index (κ1) is 11.3. The molecule has 7 heteroatoms. The number of hydrogen-bond donors (Lipinski definition) is 1. The van der Waals surface area contributed by atoms with E-state index < -0.39 is 23.4 Å². The molecule has 0 fully saturated rings. The molecule has 0 bridgehead atoms. The molecule has 0 radical (unpaired) electrons. The molecular formula is C10H4F4N2O. The van der Waals surface area contributed by atoms with Gasteiger partial charge in [0.2, 0.25) is 6.08 Å². The van der Waals surface area contributed by atoms with Gasteiger partial charge in [-0.05, 0) is 18.2 Å². The number of carbonyl (C=O) groups excluding carboxylic acids is 1. The van der Waals surface area contributed by atoms with Gasteiger partial charge in [0.15, 0.2) is 0 Å². The highest BCUT2D eigenvalue weighted by atomic mass is 19.4. The molecule has 17 heavy (non-hydrogen) atoms. The van der Waals surface area contributed by atoms with Crippen molar-refractivity contribution in [1.82, 2.24) is 4.98 Å². The third-order valence-corrected chi connectivity index (χ3v) is 2.17. The van der Waals surface area contributed by atoms with Gasteiger partial charge in [0.25, 0.3) is 0 Å². The quantitative estimate of drug-likeness (QED) is 0.467. The first-order chi connectivity index (χ1) is 7.93. The summed E-state index contributed by atoms with van der Waals surface area (Å²) in [6, 6.07) is 3.02. The summed E-state index contributed by atoms with van der Waals surface area (Å²) in [6.07, 6.45) is -3.68. The third kappa shape index (κ3) is 1.92. The lowest BCUT2D eigenvalue weighted by Crippen LogP contribution is -2.05. The predicted octanol–water partition coefficient (Wildman–Crippen LogP) is 3.29. The summed E-state index contributed by atoms with van der Waals surface area (Å²) in [5.74, 6) is -0.715. The first-order valence-electron chi connectivity index (χ1n) is 4.40. The van der Waals surface area contributed by atoms with E-state index in [0.717, 1.165) is 24.3 Å². The number of nitrogens with one attached hydrogen (secondary N) is 1. The van der Waals surface area contributed by atoms with Crippen molar-refractivity contribution in [3.63, 3.8) is 0 Å². The summed E-state index contributed by atoms with van der Waals surface area (Å²) in [5, 5.41) is -0.110. The van der Waals surface area contributed by atoms with E-state index in [-0.39, 0.29) is 10.9 Å². The van der Waals surface area contributed by atoms with Crippen LogP contribution >= 0.6 is 0 Å². The topological polar surface area (TPSA) is 45.2 Å². The highest BCUT2D eigenvalue weighted by Crippen LogP contribution is 2.40. The molecule has 2 aromatic rings. The van der Waals surface area contributed by atoms with Crippen LogP contribution in [0.2, 0.25) is 0 Å². The fourth-order valence-corrected chi connectivity index (χ4v) is 1.52. The Labute approximate surface area is 91.8 Å². The molecule has 1 aromatic carbocycles. The minimum atomic E-state index is -4.70. The fraction of sp³-hybridized carbons (Fsp3) is 0.100. The van der Waals surface area contributed by atoms with Crippen LogP contribution in [0.5, 0.6) is 0 Å². The van der Waals surface area contributed by atoms with E-state index in [4.69, 9.17) is 0 Å². The summed E-state index contributed by atoms with van der Waals surface area (Å²) in [4.78, 5) is 15.1. The Morgan fingerprint density at radius 1 is 1.29 bits per heavy atom. The van der Waals surface area contributed by atoms with E-state index in [0.29, 0.717) is 0 Å². The molecule has 0 atom stereocenters. The SMILES string of the molecule is O=C=Nc1c(C(F)(F)F)[nH]c2ccc(F)cc12. The van der Waals surface area contributed by atoms with Gasteiger partial charge >= 0.3 is 6.18 Å². The molecule has 1 aromatic heterocycles. The van der Waals surface area contributed by atoms with Crippen molar-refractivity contribution in [2.45, 2.75) is 6.18 Å². The Morgan fingerprint density at radius 3 is 2.59 bits per heavy atom. The zero-order valence-electron chi connectivity index (χ0n) is 8.10. The number of aromatic amines is 1. The molecule has 0 saturated carbocycles. The van der Waals surface area contributed by atoms with Crippen LogP contribution in [-0.2, 0) is 11.0 Å². The second kappa shape index (κ2) is 3.71. The second-order valence-electron chi connectivity index (χ2n) is 3.24. The van der Waals surface area contributed by atoms with Crippen molar-refractivity contribution in [2.75, 3.05) is 0 Å². The Hall–Kier alpha value is -2.14. The Kier molecular flexibility index (Phi) is 2.48. The molecular weight excluding hydrogens is 240 g/mol. The fourth-order valence-electron chi connectivity index (χ4n) is 1.52. The predicted molar refractivity (Wildman–Crippen MR) is 51.0 cm³/mol. The van der Waals surface area contributed by atoms with Crippen LogP contribution in [0.1, 0.15) is 5.69 Å². The summed E-state index contributed by atoms with van der Waals surface area (Å²) in [7, 11) is 0. The maximum Gasteiger partial charge on any atom is 0.433 e. The summed E-state index contributed by atoms with van der Waals surface area (Å²) >= 11 is 0. The van der Waals surface area contributed by atoms with Gasteiger partial charge in [-0.1, -0.05) is 0 Å². The monoisotopic (exact) mass is 244 g/mol. The van der Waals surface area contributed by atoms with E-state index in [1.807, 2.05) is 0 Å². The third-order valence-electron chi connectivity index (χ3n) is 2.17. The maximum absolute atomic E-state index is 12.9. The number of nitrogens with zero attached hydrogens (tertiary/aromatic N) is 1. The van der Waals surface area contributed by atoms with Crippen LogP contribution in [0.3, 0.4) is 0 Å². The van der Waals surface area contributed by atoms with Crippen LogP contribution in [0, 0.1) is 5.82 Å². The first-order valence-corrected chi connectivity index (χ1v) is 4.40. The molecule has 0 amide bonds. The van der Waals surface area contributed by atoms with Gasteiger partial charge in [-0.2, -0.15) is 18.2 Å². The van der Waals surface area contributed by atoms with Crippen molar-refractivity contribution in [1.29, 1.82) is 0 Å². The van der Waals surface area contributed by atoms with Gasteiger partial charge in [0, 0.05) is 10.9 Å². The van der Waals surface area contributed by atoms with Crippen molar-refractivity contribution < 1.29 is 22.4 Å². The lowest BCUT2D eigenvalue weighted by atomic mass is 10.2. The van der Waals surface area contributed by atoms with Gasteiger partial charge in [0.05, 0.1) is 0 Å². The standard InChI is InChI=1S/C10H4F4N2O/c11-5-1-2-7-6(3-5)8(15-4-17)9(16-7)10(12,13)14/h1-3,16H. The average Bonchev–Trinajstić information content (AvgIpc) is 2.57. The molecule has 0 aliphatic heterocycles. The molecule has 88 valence electrons. The van der Waals surface area contributed by atoms with Crippen molar-refractivity contribution >= 4 is 22.7 Å². The molecule has 0 unspecified atom stereocenters. The zero-order valence-corrected chi connectivity index (χ0v) is 8.10. The molecule has 0 aliphatic carbocycles. The lowest BCUT2D eigenvalue weighted by Gasteiger charge is -2.03. The minimum absolute atomic E-state index is 0.0488. The van der Waals surface area contributed by atoms with Crippen molar-refractivity contribution in [3.05, 3.63) is 29.7 Å². The Morgan fingerprint density at radius 2 is 2.00 bits per heavy atom. The highest BCUT2D eigenvalue weighted by molar-refractivity contribution is 5.93. The smallest absolute Gasteiger partial charge is 0.349 e. The molecule has 0 saturated heterocycles. The van der Waals surface area contributed by atoms with Crippen LogP contribution in [0.15, 0.2) is 23.2 Å². The summed E-state index contributed by atoms with van der Waals surface area (Å²) in [6.45, 7) is 0. The van der Waals surface area contributed by atoms with E-state index in [1.54, 1.807) is 0 Å². The van der Waals surface area contributed by atoms with Crippen LogP contribution in [-0.4, -0.2) is 11.1 Å². The minimum Gasteiger partial charge on any atom is -0.349 e. The summed E-state index contributed by atoms with van der Waals surface area (Å²) in [5.41, 5.74) is -1.80. The second-order valence-corrected chi connectivity index (χ2v) is 3.24. The molecule has 2 rings (SSSR count). The zero-order chi connectivity index (χ0) is 12.6. The molecule has 1 N–H and O–H groups in total. The van der Waals surface area contributed by atoms with Crippen LogP contribution < -0.4 is 0 Å². The molecule has 1 heterocycles. The molecule has 0 spiro atoms. The van der Waals surface area contributed by atoms with Gasteiger partial charge in [-0.15, -0.1) is 0 Å². The largest absolute Gasteiger partial charge is 0.433 e.